The zero-order chi connectivity index (χ0) is 79.5. The molecule has 572 valence electrons. The smallest absolute Gasteiger partial charge is 0.352 e. The third-order valence-electron chi connectivity index (χ3n) is 21.7. The standard InChI is InChI=1S/2C22H19ClN4O.2C13H15N3.C10H7N3.C9H6ClNO2/c2*1-14-11-22(14,16-12-24-27(13-16)18-5-3-2-4-6-18)26-21(28)20-10-15-9-17(23)7-8-19(15)25-20;2*1-10-7-13(10,14)11-8-15-16(9-11)12-5-3-2-4-6-12;1-11-9-7-12-13(8-9)10-5-3-2-4-6-10;10-6-1-2-7-5(3-6)4-8(11-7)9(12)13/h2*2-10,12-14,25H,11H2,1H3,(H,26,28);2*2-6,8-10H,7,14H2,1H3;2-8H;1-4,11H,(H,12,13)/t2*14-,22-;10-,13+;10-,13-;;/m1010../s1. The number of hydrogen-bond donors (Lipinski definition) is 8. The second-order valence-corrected chi connectivity index (χ2v) is 30.8. The van der Waals surface area contributed by atoms with Crippen LogP contribution in [0.3, 0.4) is 0 Å². The zero-order valence-corrected chi connectivity index (χ0v) is 64.9. The largest absolute Gasteiger partial charge is 0.477 e. The van der Waals surface area contributed by atoms with Gasteiger partial charge in [-0.05, 0) is 183 Å². The minimum absolute atomic E-state index is 0.121. The second kappa shape index (κ2) is 32.1. The number of carbonyl (C=O) groups excluding carboxylic acids is 2. The summed E-state index contributed by atoms with van der Waals surface area (Å²) in [5.74, 6) is 0.634. The number of aromatic amines is 3. The number of benzene rings is 8. The Morgan fingerprint density at radius 3 is 0.956 bits per heavy atom. The number of nitrogens with zero attached hydrogens (tertiary/aromatic N) is 11. The number of carbonyl (C=O) groups is 3. The summed E-state index contributed by atoms with van der Waals surface area (Å²) in [6, 6.07) is 71.3. The van der Waals surface area contributed by atoms with E-state index in [2.05, 4.69) is 83.6 Å². The first-order valence-electron chi connectivity index (χ1n) is 37.3. The Morgan fingerprint density at radius 2 is 0.675 bits per heavy atom. The number of carboxylic acid groups (broad SMARTS) is 1. The van der Waals surface area contributed by atoms with Gasteiger partial charge in [0.15, 0.2) is 0 Å². The Balaban J connectivity index is 0.000000111. The fourth-order valence-electron chi connectivity index (χ4n) is 14.3. The van der Waals surface area contributed by atoms with Crippen molar-refractivity contribution in [3.8, 4) is 28.4 Å². The molecule has 2 amide bonds. The van der Waals surface area contributed by atoms with E-state index >= 15 is 0 Å². The van der Waals surface area contributed by atoms with Crippen LogP contribution in [0.2, 0.25) is 15.1 Å². The number of fused-ring (bicyclic) bond motifs is 3. The highest BCUT2D eigenvalue weighted by Gasteiger charge is 2.56. The number of para-hydroxylation sites is 5. The molecule has 10 N–H and O–H groups in total. The van der Waals surface area contributed by atoms with Crippen molar-refractivity contribution in [1.82, 2.24) is 74.5 Å². The number of nitrogens with two attached hydrogens (primary N) is 2. The summed E-state index contributed by atoms with van der Waals surface area (Å²) >= 11 is 17.9. The van der Waals surface area contributed by atoms with Gasteiger partial charge in [-0.25, -0.2) is 28.4 Å². The molecule has 16 aromatic rings. The normalized spacial score (nSPS) is 20.5. The molecule has 8 aromatic heterocycles. The van der Waals surface area contributed by atoms with E-state index < -0.39 is 5.97 Å². The van der Waals surface area contributed by atoms with E-state index in [4.69, 9.17) is 57.9 Å². The molecule has 8 aromatic carbocycles. The number of halogens is 3. The van der Waals surface area contributed by atoms with Crippen LogP contribution >= 0.6 is 34.8 Å². The molecule has 0 saturated heterocycles. The molecule has 0 bridgehead atoms. The van der Waals surface area contributed by atoms with E-state index in [1.165, 1.54) is 0 Å². The Kier molecular flexibility index (Phi) is 21.5. The molecule has 114 heavy (non-hydrogen) atoms. The fraction of sp³-hybridized carbons (Fsp3) is 0.180. The molecule has 0 unspecified atom stereocenters. The van der Waals surface area contributed by atoms with Crippen molar-refractivity contribution in [2.45, 2.75) is 75.5 Å². The van der Waals surface area contributed by atoms with Crippen LogP contribution in [0.5, 0.6) is 0 Å². The Hall–Kier alpha value is -12.9. The highest BCUT2D eigenvalue weighted by atomic mass is 35.5. The number of hydrogen-bond acceptors (Lipinski definition) is 10. The maximum absolute atomic E-state index is 12.9. The topological polar surface area (TPSA) is 288 Å². The number of nitrogens with one attached hydrogen (secondary N) is 5. The van der Waals surface area contributed by atoms with E-state index in [9.17, 15) is 14.4 Å². The molecule has 4 fully saturated rings. The highest BCUT2D eigenvalue weighted by molar-refractivity contribution is 6.32. The predicted octanol–water partition coefficient (Wildman–Crippen LogP) is 18.4. The van der Waals surface area contributed by atoms with Crippen LogP contribution in [-0.4, -0.2) is 86.7 Å². The van der Waals surface area contributed by atoms with E-state index in [-0.39, 0.29) is 39.7 Å². The Labute approximate surface area is 672 Å². The number of carboxylic acids is 1. The summed E-state index contributed by atoms with van der Waals surface area (Å²) in [7, 11) is 0. The van der Waals surface area contributed by atoms with Crippen molar-refractivity contribution >= 4 is 91.0 Å². The number of amides is 2. The van der Waals surface area contributed by atoms with Crippen molar-refractivity contribution in [2.24, 2.45) is 35.1 Å². The van der Waals surface area contributed by atoms with E-state index in [0.717, 1.165) is 109 Å². The summed E-state index contributed by atoms with van der Waals surface area (Å²) in [4.78, 5) is 48.9. The van der Waals surface area contributed by atoms with Gasteiger partial charge in [0.25, 0.3) is 11.8 Å². The third-order valence-corrected chi connectivity index (χ3v) is 22.4. The Morgan fingerprint density at radius 1 is 0.404 bits per heavy atom. The molecule has 0 aliphatic heterocycles. The van der Waals surface area contributed by atoms with Crippen molar-refractivity contribution in [3.63, 3.8) is 0 Å². The lowest BCUT2D eigenvalue weighted by Crippen LogP contribution is -2.36. The van der Waals surface area contributed by atoms with Gasteiger partial charge in [-0.3, -0.25) is 14.3 Å². The Bertz CT molecular complexity index is 5860. The molecule has 0 spiro atoms. The molecule has 4 saturated carbocycles. The average Bonchev–Trinajstić information content (AvgIpc) is 1.59. The lowest BCUT2D eigenvalue weighted by molar-refractivity contribution is 0.0690. The minimum atomic E-state index is -0.965. The van der Waals surface area contributed by atoms with E-state index in [1.807, 2.05) is 268 Å². The minimum Gasteiger partial charge on any atom is -0.477 e. The average molecular weight is 1570 g/mol. The molecule has 0 radical (unpaired) electrons. The quantitative estimate of drug-likeness (QED) is 0.0474. The SMILES string of the molecule is C[C@@H]1C[C@@]1(N)c1cnn(-c2ccccc2)c1.C[C@@H]1C[C@]1(NC(=O)c1cc2cc(Cl)ccc2[nH]1)c1cnn(-c2ccccc2)c1.C[C@H]1C[C@@]1(N)c1cnn(-c2ccccc2)c1.C[C@H]1C[C@@]1(NC(=O)c1cc2cc(Cl)ccc2[nH]1)c1cnn(-c2ccccc2)c1.O=C(O)c1cc2cc(Cl)ccc2[nH]1.[C-]#[N+]c1cnn(-c2ccccc2)c1. The van der Waals surface area contributed by atoms with Gasteiger partial charge in [0, 0.05) is 112 Å². The van der Waals surface area contributed by atoms with E-state index in [0.29, 0.717) is 55.8 Å². The van der Waals surface area contributed by atoms with Gasteiger partial charge in [-0.1, -0.05) is 153 Å². The first-order chi connectivity index (χ1) is 55.1. The number of aromatic carboxylic acids is 1. The van der Waals surface area contributed by atoms with Crippen molar-refractivity contribution in [3.05, 3.63) is 352 Å². The molecule has 4 aliphatic carbocycles. The van der Waals surface area contributed by atoms with Crippen LogP contribution in [0.25, 0.3) is 66.0 Å². The van der Waals surface area contributed by atoms with Gasteiger partial charge < -0.3 is 42.2 Å². The van der Waals surface area contributed by atoms with Crippen LogP contribution in [0, 0.1) is 30.2 Å². The summed E-state index contributed by atoms with van der Waals surface area (Å²) in [5, 5.41) is 41.5. The summed E-state index contributed by atoms with van der Waals surface area (Å²) in [6.45, 7) is 15.4. The van der Waals surface area contributed by atoms with Crippen molar-refractivity contribution in [1.29, 1.82) is 0 Å². The van der Waals surface area contributed by atoms with Crippen LogP contribution in [0.4, 0.5) is 5.69 Å². The molecule has 8 atom stereocenters. The van der Waals surface area contributed by atoms with Gasteiger partial charge in [0.2, 0.25) is 5.69 Å². The molecule has 25 heteroatoms. The highest BCUT2D eigenvalue weighted by Crippen LogP contribution is 2.54. The lowest BCUT2D eigenvalue weighted by atomic mass is 10.1. The van der Waals surface area contributed by atoms with Gasteiger partial charge >= 0.3 is 5.97 Å². The van der Waals surface area contributed by atoms with Gasteiger partial charge in [-0.2, -0.15) is 25.5 Å². The summed E-state index contributed by atoms with van der Waals surface area (Å²) in [5.41, 5.74) is 25.3. The maximum Gasteiger partial charge on any atom is 0.352 e. The predicted molar refractivity (Wildman–Crippen MR) is 446 cm³/mol. The van der Waals surface area contributed by atoms with Crippen molar-refractivity contribution in [2.75, 3.05) is 0 Å². The number of aromatic nitrogens is 13. The lowest BCUT2D eigenvalue weighted by Gasteiger charge is -2.17. The maximum atomic E-state index is 12.9. The van der Waals surface area contributed by atoms with Gasteiger partial charge in [0.1, 0.15) is 17.1 Å². The molecule has 4 aliphatic rings. The van der Waals surface area contributed by atoms with Crippen LogP contribution in [0.1, 0.15) is 107 Å². The van der Waals surface area contributed by atoms with Crippen LogP contribution in [0.15, 0.2) is 286 Å². The molecular formula is C89H81Cl3N18O4. The monoisotopic (exact) mass is 1570 g/mol. The summed E-state index contributed by atoms with van der Waals surface area (Å²) < 4.78 is 9.15. The van der Waals surface area contributed by atoms with Crippen LogP contribution in [-0.2, 0) is 22.2 Å². The van der Waals surface area contributed by atoms with Crippen molar-refractivity contribution < 1.29 is 19.5 Å². The number of H-pyrrole nitrogens is 3. The zero-order valence-electron chi connectivity index (χ0n) is 62.7. The molecule has 22 nitrogen and oxygen atoms in total. The second-order valence-electron chi connectivity index (χ2n) is 29.5. The molecule has 8 heterocycles. The fourth-order valence-corrected chi connectivity index (χ4v) is 14.8. The molecule has 20 rings (SSSR count). The molecular weight excluding hydrogens is 1490 g/mol. The van der Waals surface area contributed by atoms with Crippen LogP contribution < -0.4 is 22.1 Å². The first kappa shape index (κ1) is 76.5. The van der Waals surface area contributed by atoms with Gasteiger partial charge in [0.05, 0.1) is 77.1 Å². The third kappa shape index (κ3) is 16.7. The van der Waals surface area contributed by atoms with Gasteiger partial charge in [-0.15, -0.1) is 0 Å². The summed E-state index contributed by atoms with van der Waals surface area (Å²) in [6.07, 6.45) is 22.7. The number of rotatable bonds is 14. The van der Waals surface area contributed by atoms with E-state index in [1.54, 1.807) is 41.3 Å². The first-order valence-corrected chi connectivity index (χ1v) is 38.4.